The Balaban J connectivity index is 0.00000225. The summed E-state index contributed by atoms with van der Waals surface area (Å²) in [5, 5.41) is 0.963. The first kappa shape index (κ1) is 20.5. The molecule has 1 aliphatic rings. The van der Waals surface area contributed by atoms with E-state index in [2.05, 4.69) is 19.1 Å². The highest BCUT2D eigenvalue weighted by Crippen LogP contribution is 2.33. The fraction of sp³-hybridized carbons (Fsp3) is 0.286. The van der Waals surface area contributed by atoms with Gasteiger partial charge in [0.25, 0.3) is 0 Å². The van der Waals surface area contributed by atoms with E-state index in [4.69, 9.17) is 14.2 Å². The lowest BCUT2D eigenvalue weighted by molar-refractivity contribution is -0.858. The molecule has 6 nitrogen and oxygen atoms in total. The number of likely N-dealkylation sites (N-methyl/N-ethyl adjacent to an activating group) is 1. The number of H-pyrrole nitrogens is 1. The number of aromatic nitrogens is 1. The molecule has 1 aliphatic heterocycles. The maximum Gasteiger partial charge on any atom is 0.343 e. The van der Waals surface area contributed by atoms with Gasteiger partial charge in [-0.25, -0.2) is 4.79 Å². The highest BCUT2D eigenvalue weighted by molar-refractivity contribution is 5.96. The minimum atomic E-state index is -0.412. The van der Waals surface area contributed by atoms with Crippen molar-refractivity contribution in [3.8, 4) is 17.2 Å². The topological polar surface area (TPSA) is 65.0 Å². The molecule has 2 aromatic carbocycles. The highest BCUT2D eigenvalue weighted by Gasteiger charge is 2.18. The van der Waals surface area contributed by atoms with Gasteiger partial charge in [-0.05, 0) is 35.9 Å². The van der Waals surface area contributed by atoms with Gasteiger partial charge in [-0.1, -0.05) is 6.07 Å². The van der Waals surface area contributed by atoms with Crippen LogP contribution >= 0.6 is 0 Å². The van der Waals surface area contributed by atoms with Crippen molar-refractivity contribution < 1.29 is 47.9 Å². The van der Waals surface area contributed by atoms with Crippen LogP contribution in [0.3, 0.4) is 0 Å². The third-order valence-corrected chi connectivity index (χ3v) is 4.62. The molecular weight excluding hydrogens is 471 g/mol. The van der Waals surface area contributed by atoms with Crippen molar-refractivity contribution in [2.75, 3.05) is 33.9 Å². The number of halogens is 1. The average molecular weight is 494 g/mol. The summed E-state index contributed by atoms with van der Waals surface area (Å²) in [6, 6.07) is 10.8. The minimum Gasteiger partial charge on any atom is -1.00 e. The molecule has 0 radical (unpaired) electrons. The van der Waals surface area contributed by atoms with Gasteiger partial charge in [-0.3, -0.25) is 0 Å². The zero-order valence-corrected chi connectivity index (χ0v) is 18.0. The summed E-state index contributed by atoms with van der Waals surface area (Å²) in [4.78, 5) is 17.3. The van der Waals surface area contributed by atoms with Crippen LogP contribution in [0.25, 0.3) is 10.9 Å². The molecular formula is C21H23IN2O4. The lowest BCUT2D eigenvalue weighted by Crippen LogP contribution is -3.05. The number of hydrogen-bond acceptors (Lipinski definition) is 4. The molecule has 2 heterocycles. The predicted octanol–water partition coefficient (Wildman–Crippen LogP) is -1.15. The van der Waals surface area contributed by atoms with Crippen molar-refractivity contribution in [2.45, 2.75) is 6.42 Å². The molecule has 0 spiro atoms. The second-order valence-electron chi connectivity index (χ2n) is 6.95. The van der Waals surface area contributed by atoms with Gasteiger partial charge >= 0.3 is 5.97 Å². The second kappa shape index (κ2) is 8.83. The van der Waals surface area contributed by atoms with Crippen molar-refractivity contribution in [3.63, 3.8) is 0 Å². The zero-order valence-electron chi connectivity index (χ0n) is 15.9. The van der Waals surface area contributed by atoms with Crippen LogP contribution in [0.4, 0.5) is 0 Å². The van der Waals surface area contributed by atoms with E-state index >= 15 is 0 Å². The van der Waals surface area contributed by atoms with Crippen LogP contribution < -0.4 is 43.1 Å². The van der Waals surface area contributed by atoms with E-state index in [-0.39, 0.29) is 24.0 Å². The Labute approximate surface area is 180 Å². The second-order valence-corrected chi connectivity index (χ2v) is 6.95. The molecule has 0 bridgehead atoms. The fourth-order valence-electron chi connectivity index (χ4n) is 3.22. The van der Waals surface area contributed by atoms with Crippen molar-refractivity contribution in [1.82, 2.24) is 4.98 Å². The first-order valence-electron chi connectivity index (χ1n) is 9.11. The molecule has 0 saturated heterocycles. The van der Waals surface area contributed by atoms with Crippen LogP contribution in [0.5, 0.6) is 17.2 Å². The Morgan fingerprint density at radius 3 is 2.71 bits per heavy atom. The normalized spacial score (nSPS) is 12.7. The highest BCUT2D eigenvalue weighted by atomic mass is 127. The number of esters is 1. The third kappa shape index (κ3) is 4.25. The molecule has 2 N–H and O–H groups in total. The lowest BCUT2D eigenvalue weighted by Gasteiger charge is -2.18. The monoisotopic (exact) mass is 494 g/mol. The Kier molecular flexibility index (Phi) is 6.46. The van der Waals surface area contributed by atoms with Crippen LogP contribution in [0.15, 0.2) is 42.6 Å². The maximum atomic E-state index is 12.7. The van der Waals surface area contributed by atoms with Crippen molar-refractivity contribution >= 4 is 16.9 Å². The number of benzene rings is 2. The van der Waals surface area contributed by atoms with E-state index in [1.165, 1.54) is 4.90 Å². The van der Waals surface area contributed by atoms with E-state index in [1.807, 2.05) is 24.4 Å². The Hall–Kier alpha value is -2.26. The summed E-state index contributed by atoms with van der Waals surface area (Å²) in [6.07, 6.45) is 2.90. The largest absolute Gasteiger partial charge is 1.00 e. The summed E-state index contributed by atoms with van der Waals surface area (Å²) in [6.45, 7) is 1.99. The standard InChI is InChI=1S/C21H22N2O4.HI/c1-23(2)9-8-15-13-22-16-4-3-5-18(20(15)16)27-21(24)14-6-7-17-19(12-14)26-11-10-25-17;/h3-7,12-13,22H,8-11H2,1-2H3;1H. The van der Waals surface area contributed by atoms with Gasteiger partial charge in [0.2, 0.25) is 0 Å². The Bertz CT molecular complexity index is 984. The molecule has 0 aliphatic carbocycles. The third-order valence-electron chi connectivity index (χ3n) is 4.62. The quantitative estimate of drug-likeness (QED) is 0.267. The predicted molar refractivity (Wildman–Crippen MR) is 102 cm³/mol. The van der Waals surface area contributed by atoms with E-state index < -0.39 is 5.97 Å². The van der Waals surface area contributed by atoms with Gasteiger partial charge in [-0.2, -0.15) is 0 Å². The molecule has 0 amide bonds. The average Bonchev–Trinajstić information content (AvgIpc) is 3.10. The van der Waals surface area contributed by atoms with E-state index in [1.54, 1.807) is 18.2 Å². The first-order chi connectivity index (χ1) is 13.1. The van der Waals surface area contributed by atoms with Gasteiger partial charge in [0.15, 0.2) is 11.5 Å². The SMILES string of the molecule is C[NH+](C)CCc1c[nH]c2cccc(OC(=O)c3ccc4c(c3)OCCO4)c12.[I-]. The van der Waals surface area contributed by atoms with Crippen molar-refractivity contribution in [2.24, 2.45) is 0 Å². The van der Waals surface area contributed by atoms with Crippen LogP contribution in [0, 0.1) is 0 Å². The Morgan fingerprint density at radius 2 is 1.93 bits per heavy atom. The Morgan fingerprint density at radius 1 is 1.14 bits per heavy atom. The number of nitrogens with one attached hydrogen (secondary N) is 2. The van der Waals surface area contributed by atoms with Crippen LogP contribution in [0.1, 0.15) is 15.9 Å². The molecule has 4 rings (SSSR count). The number of carbonyl (C=O) groups is 1. The molecule has 0 unspecified atom stereocenters. The molecule has 0 saturated carbocycles. The van der Waals surface area contributed by atoms with Gasteiger partial charge < -0.3 is 48.1 Å². The summed E-state index contributed by atoms with van der Waals surface area (Å²) < 4.78 is 16.8. The van der Waals surface area contributed by atoms with Crippen molar-refractivity contribution in [3.05, 3.63) is 53.7 Å². The summed E-state index contributed by atoms with van der Waals surface area (Å²) >= 11 is 0. The molecule has 148 valence electrons. The fourth-order valence-corrected chi connectivity index (χ4v) is 3.22. The molecule has 28 heavy (non-hydrogen) atoms. The lowest BCUT2D eigenvalue weighted by atomic mass is 10.1. The number of rotatable bonds is 5. The molecule has 3 aromatic rings. The summed E-state index contributed by atoms with van der Waals surface area (Å²) in [5.41, 5.74) is 2.55. The smallest absolute Gasteiger partial charge is 0.343 e. The van der Waals surface area contributed by atoms with Crippen molar-refractivity contribution in [1.29, 1.82) is 0 Å². The zero-order chi connectivity index (χ0) is 18.8. The van der Waals surface area contributed by atoms with Gasteiger partial charge in [-0.15, -0.1) is 0 Å². The minimum absolute atomic E-state index is 0. The van der Waals surface area contributed by atoms with E-state index in [9.17, 15) is 4.79 Å². The van der Waals surface area contributed by atoms with Gasteiger partial charge in [0.1, 0.15) is 19.0 Å². The van der Waals surface area contributed by atoms with Crippen LogP contribution in [-0.2, 0) is 6.42 Å². The van der Waals surface area contributed by atoms with E-state index in [0.717, 1.165) is 29.4 Å². The van der Waals surface area contributed by atoms with Gasteiger partial charge in [0.05, 0.1) is 26.2 Å². The molecule has 0 atom stereocenters. The summed E-state index contributed by atoms with van der Waals surface area (Å²) in [5.74, 6) is 1.38. The van der Waals surface area contributed by atoms with E-state index in [0.29, 0.717) is 36.0 Å². The van der Waals surface area contributed by atoms with Crippen LogP contribution in [0.2, 0.25) is 0 Å². The number of carbonyl (C=O) groups excluding carboxylic acids is 1. The number of aromatic amines is 1. The van der Waals surface area contributed by atoms with Crippen LogP contribution in [-0.4, -0.2) is 44.8 Å². The maximum absolute atomic E-state index is 12.7. The van der Waals surface area contributed by atoms with Gasteiger partial charge in [0, 0.05) is 23.5 Å². The molecule has 1 aromatic heterocycles. The number of ether oxygens (including phenoxy) is 3. The number of fused-ring (bicyclic) bond motifs is 2. The summed E-state index contributed by atoms with van der Waals surface area (Å²) in [7, 11) is 4.25. The molecule has 7 heteroatoms. The number of hydrogen-bond donors (Lipinski definition) is 2. The first-order valence-corrected chi connectivity index (χ1v) is 9.11. The molecule has 0 fully saturated rings. The number of quaternary nitrogens is 1.